The van der Waals surface area contributed by atoms with Gasteiger partial charge in [0, 0.05) is 6.20 Å². The molecular formula is C12H7ClFN3S. The highest BCUT2D eigenvalue weighted by molar-refractivity contribution is 7.71. The van der Waals surface area contributed by atoms with E-state index in [9.17, 15) is 4.39 Å². The Labute approximate surface area is 112 Å². The molecule has 3 aromatic rings. The van der Waals surface area contributed by atoms with Crippen LogP contribution in [0, 0.1) is 10.6 Å². The van der Waals surface area contributed by atoms with E-state index in [2.05, 4.69) is 9.97 Å². The van der Waals surface area contributed by atoms with E-state index in [4.69, 9.17) is 23.8 Å². The number of H-pyrrole nitrogens is 1. The Morgan fingerprint density at radius 3 is 3.00 bits per heavy atom. The fourth-order valence-electron chi connectivity index (χ4n) is 1.86. The quantitative estimate of drug-likeness (QED) is 0.686. The summed E-state index contributed by atoms with van der Waals surface area (Å²) >= 11 is 11.0. The zero-order valence-electron chi connectivity index (χ0n) is 9.02. The molecule has 18 heavy (non-hydrogen) atoms. The molecular weight excluding hydrogens is 273 g/mol. The summed E-state index contributed by atoms with van der Waals surface area (Å²) in [6.07, 6.45) is 3.27. The zero-order valence-corrected chi connectivity index (χ0v) is 10.6. The minimum absolute atomic E-state index is 0.0674. The van der Waals surface area contributed by atoms with Gasteiger partial charge in [0.25, 0.3) is 0 Å². The van der Waals surface area contributed by atoms with Gasteiger partial charge in [0.1, 0.15) is 0 Å². The van der Waals surface area contributed by atoms with Crippen molar-refractivity contribution in [3.8, 4) is 5.69 Å². The van der Waals surface area contributed by atoms with Crippen LogP contribution in [0.15, 0.2) is 36.7 Å². The topological polar surface area (TPSA) is 33.6 Å². The summed E-state index contributed by atoms with van der Waals surface area (Å²) in [6.45, 7) is 0. The van der Waals surface area contributed by atoms with Crippen LogP contribution >= 0.6 is 23.8 Å². The maximum Gasteiger partial charge on any atom is 0.182 e. The molecule has 0 spiro atoms. The molecule has 0 aliphatic carbocycles. The average molecular weight is 280 g/mol. The third-order valence-electron chi connectivity index (χ3n) is 2.66. The molecule has 0 unspecified atom stereocenters. The number of hydrogen-bond acceptors (Lipinski definition) is 2. The highest BCUT2D eigenvalue weighted by Crippen LogP contribution is 2.25. The Morgan fingerprint density at radius 1 is 1.33 bits per heavy atom. The maximum absolute atomic E-state index is 14.0. The molecule has 0 saturated carbocycles. The Morgan fingerprint density at radius 2 is 2.17 bits per heavy atom. The molecule has 2 aromatic heterocycles. The fraction of sp³-hybridized carbons (Fsp3) is 0. The van der Waals surface area contributed by atoms with Gasteiger partial charge in [-0.15, -0.1) is 0 Å². The van der Waals surface area contributed by atoms with Gasteiger partial charge in [-0.1, -0.05) is 17.7 Å². The third kappa shape index (κ3) is 1.63. The van der Waals surface area contributed by atoms with Gasteiger partial charge in [0.05, 0.1) is 27.9 Å². The molecule has 2 heterocycles. The van der Waals surface area contributed by atoms with E-state index in [1.807, 2.05) is 0 Å². The van der Waals surface area contributed by atoms with Gasteiger partial charge in [-0.3, -0.25) is 9.55 Å². The normalized spacial score (nSPS) is 11.0. The maximum atomic E-state index is 14.0. The lowest BCUT2D eigenvalue weighted by atomic mass is 10.3. The summed E-state index contributed by atoms with van der Waals surface area (Å²) in [7, 11) is 0. The van der Waals surface area contributed by atoms with Gasteiger partial charge >= 0.3 is 0 Å². The van der Waals surface area contributed by atoms with Crippen LogP contribution in [0.25, 0.3) is 16.7 Å². The summed E-state index contributed by atoms with van der Waals surface area (Å²) in [5, 5.41) is 0.0674. The van der Waals surface area contributed by atoms with Crippen molar-refractivity contribution in [3.63, 3.8) is 0 Å². The van der Waals surface area contributed by atoms with Crippen molar-refractivity contribution in [3.05, 3.63) is 52.3 Å². The lowest BCUT2D eigenvalue weighted by Gasteiger charge is -2.06. The molecule has 0 bridgehead atoms. The smallest absolute Gasteiger partial charge is 0.182 e. The molecule has 1 aromatic carbocycles. The van der Waals surface area contributed by atoms with Crippen molar-refractivity contribution in [2.45, 2.75) is 0 Å². The van der Waals surface area contributed by atoms with Crippen molar-refractivity contribution < 1.29 is 4.39 Å². The Hall–Kier alpha value is -1.72. The average Bonchev–Trinajstić information content (AvgIpc) is 2.69. The molecule has 90 valence electrons. The Bertz CT molecular complexity index is 793. The first kappa shape index (κ1) is 11.4. The Balaban J connectivity index is 2.42. The first-order valence-electron chi connectivity index (χ1n) is 5.17. The van der Waals surface area contributed by atoms with Gasteiger partial charge in [0.2, 0.25) is 0 Å². The number of rotatable bonds is 1. The van der Waals surface area contributed by atoms with Crippen LogP contribution < -0.4 is 0 Å². The molecule has 0 aliphatic heterocycles. The number of pyridine rings is 1. The molecule has 0 saturated heterocycles. The number of fused-ring (bicyclic) bond motifs is 1. The van der Waals surface area contributed by atoms with E-state index >= 15 is 0 Å². The van der Waals surface area contributed by atoms with Crippen LogP contribution in [0.5, 0.6) is 0 Å². The molecule has 0 radical (unpaired) electrons. The second-order valence-electron chi connectivity index (χ2n) is 3.73. The molecule has 3 rings (SSSR count). The van der Waals surface area contributed by atoms with Gasteiger partial charge in [-0.2, -0.15) is 0 Å². The van der Waals surface area contributed by atoms with Crippen molar-refractivity contribution in [2.24, 2.45) is 0 Å². The molecule has 3 nitrogen and oxygen atoms in total. The summed E-state index contributed by atoms with van der Waals surface area (Å²) in [4.78, 5) is 6.97. The standard InChI is InChI=1S/C12H7ClFN3S/c13-7-2-1-3-10(11(7)14)17-9-4-5-15-6-8(9)16-12(17)18/h1-6H,(H,16,18). The fourth-order valence-corrected chi connectivity index (χ4v) is 2.34. The van der Waals surface area contributed by atoms with Gasteiger partial charge < -0.3 is 4.98 Å². The second kappa shape index (κ2) is 4.19. The monoisotopic (exact) mass is 279 g/mol. The lowest BCUT2D eigenvalue weighted by Crippen LogP contribution is -1.98. The van der Waals surface area contributed by atoms with Crippen molar-refractivity contribution in [1.29, 1.82) is 0 Å². The summed E-state index contributed by atoms with van der Waals surface area (Å²) < 4.78 is 16.1. The largest absolute Gasteiger partial charge is 0.329 e. The molecule has 0 aliphatic rings. The lowest BCUT2D eigenvalue weighted by molar-refractivity contribution is 0.619. The van der Waals surface area contributed by atoms with Crippen molar-refractivity contribution in [2.75, 3.05) is 0 Å². The minimum Gasteiger partial charge on any atom is -0.329 e. The first-order chi connectivity index (χ1) is 8.68. The van der Waals surface area contributed by atoms with E-state index in [1.165, 1.54) is 6.07 Å². The SMILES string of the molecule is Fc1c(Cl)cccc1-n1c(=S)[nH]c2cnccc21. The number of aromatic amines is 1. The predicted octanol–water partition coefficient (Wildman–Crippen LogP) is 3.88. The number of benzene rings is 1. The minimum atomic E-state index is -0.493. The van der Waals surface area contributed by atoms with Crippen LogP contribution in [0.4, 0.5) is 4.39 Å². The van der Waals surface area contributed by atoms with Gasteiger partial charge in [0.15, 0.2) is 10.6 Å². The highest BCUT2D eigenvalue weighted by atomic mass is 35.5. The summed E-state index contributed by atoms with van der Waals surface area (Å²) in [6, 6.07) is 6.58. The van der Waals surface area contributed by atoms with E-state index in [0.29, 0.717) is 10.5 Å². The van der Waals surface area contributed by atoms with Crippen LogP contribution in [-0.4, -0.2) is 14.5 Å². The van der Waals surface area contributed by atoms with Crippen LogP contribution in [-0.2, 0) is 0 Å². The molecule has 0 fully saturated rings. The number of hydrogen-bond donors (Lipinski definition) is 1. The van der Waals surface area contributed by atoms with E-state index in [1.54, 1.807) is 35.2 Å². The highest BCUT2D eigenvalue weighted by Gasteiger charge is 2.12. The molecule has 1 N–H and O–H groups in total. The predicted molar refractivity (Wildman–Crippen MR) is 71.2 cm³/mol. The number of nitrogens with zero attached hydrogens (tertiary/aromatic N) is 2. The number of aromatic nitrogens is 3. The zero-order chi connectivity index (χ0) is 12.7. The summed E-state index contributed by atoms with van der Waals surface area (Å²) in [5.74, 6) is -0.493. The number of nitrogens with one attached hydrogen (secondary N) is 1. The summed E-state index contributed by atoms with van der Waals surface area (Å²) in [5.41, 5.74) is 1.84. The molecule has 0 atom stereocenters. The first-order valence-corrected chi connectivity index (χ1v) is 5.96. The molecule has 0 amide bonds. The van der Waals surface area contributed by atoms with Crippen LogP contribution in [0.2, 0.25) is 5.02 Å². The molecule has 6 heteroatoms. The number of halogens is 2. The third-order valence-corrected chi connectivity index (χ3v) is 3.23. The van der Waals surface area contributed by atoms with Gasteiger partial charge in [-0.05, 0) is 30.4 Å². The number of imidazole rings is 1. The van der Waals surface area contributed by atoms with Crippen LogP contribution in [0.3, 0.4) is 0 Å². The van der Waals surface area contributed by atoms with Crippen molar-refractivity contribution in [1.82, 2.24) is 14.5 Å². The second-order valence-corrected chi connectivity index (χ2v) is 4.53. The van der Waals surface area contributed by atoms with E-state index < -0.39 is 5.82 Å². The van der Waals surface area contributed by atoms with Gasteiger partial charge in [-0.25, -0.2) is 4.39 Å². The van der Waals surface area contributed by atoms with Crippen LogP contribution in [0.1, 0.15) is 0 Å². The van der Waals surface area contributed by atoms with Crippen molar-refractivity contribution >= 4 is 34.9 Å². The van der Waals surface area contributed by atoms with E-state index in [0.717, 1.165) is 11.0 Å². The van der Waals surface area contributed by atoms with E-state index in [-0.39, 0.29) is 5.02 Å². The Kier molecular flexibility index (Phi) is 2.65.